The van der Waals surface area contributed by atoms with Crippen LogP contribution in [-0.2, 0) is 4.79 Å². The van der Waals surface area contributed by atoms with Gasteiger partial charge in [0.1, 0.15) is 0 Å². The van der Waals surface area contributed by atoms with Gasteiger partial charge in [0, 0.05) is 6.54 Å². The van der Waals surface area contributed by atoms with Gasteiger partial charge in [0.05, 0.1) is 18.7 Å². The van der Waals surface area contributed by atoms with Crippen molar-refractivity contribution in [1.82, 2.24) is 4.90 Å². The average Bonchev–Trinajstić information content (AvgIpc) is 2.34. The standard InChI is InChI=1S/C11H22N2O2S/c1-16-7-5-10(12)11(15)13-6-3-2-4-9(13)8-14/h9-10,14H,2-8,12H2,1H3/t9?,10-/m0/s1. The zero-order valence-electron chi connectivity index (χ0n) is 9.89. The SMILES string of the molecule is CSCC[C@H](N)C(=O)N1CCCCC1CO. The highest BCUT2D eigenvalue weighted by Gasteiger charge is 2.28. The Morgan fingerprint density at radius 3 is 3.00 bits per heavy atom. The lowest BCUT2D eigenvalue weighted by Gasteiger charge is -2.36. The summed E-state index contributed by atoms with van der Waals surface area (Å²) < 4.78 is 0. The van der Waals surface area contributed by atoms with Crippen LogP contribution in [0.25, 0.3) is 0 Å². The van der Waals surface area contributed by atoms with Gasteiger partial charge in [-0.25, -0.2) is 0 Å². The number of nitrogens with zero attached hydrogens (tertiary/aromatic N) is 1. The largest absolute Gasteiger partial charge is 0.394 e. The number of piperidine rings is 1. The molecule has 1 rings (SSSR count). The minimum Gasteiger partial charge on any atom is -0.394 e. The zero-order valence-corrected chi connectivity index (χ0v) is 10.7. The van der Waals surface area contributed by atoms with Gasteiger partial charge in [-0.2, -0.15) is 11.8 Å². The number of aliphatic hydroxyl groups excluding tert-OH is 1. The van der Waals surface area contributed by atoms with E-state index in [-0.39, 0.29) is 18.6 Å². The molecule has 0 saturated carbocycles. The first-order valence-electron chi connectivity index (χ1n) is 5.86. The molecule has 16 heavy (non-hydrogen) atoms. The number of aliphatic hydroxyl groups is 1. The summed E-state index contributed by atoms with van der Waals surface area (Å²) in [4.78, 5) is 13.8. The number of thioether (sulfide) groups is 1. The first kappa shape index (κ1) is 13.8. The van der Waals surface area contributed by atoms with E-state index in [9.17, 15) is 9.90 Å². The number of hydrogen-bond acceptors (Lipinski definition) is 4. The van der Waals surface area contributed by atoms with Gasteiger partial charge in [0.15, 0.2) is 0 Å². The fourth-order valence-electron chi connectivity index (χ4n) is 2.06. The fourth-order valence-corrected chi connectivity index (χ4v) is 2.55. The minimum absolute atomic E-state index is 0.00722. The average molecular weight is 246 g/mol. The van der Waals surface area contributed by atoms with Crippen molar-refractivity contribution in [2.45, 2.75) is 37.8 Å². The molecular formula is C11H22N2O2S. The molecule has 0 spiro atoms. The Hall–Kier alpha value is -0.260. The highest BCUT2D eigenvalue weighted by atomic mass is 32.2. The summed E-state index contributed by atoms with van der Waals surface area (Å²) in [5.74, 6) is 0.915. The lowest BCUT2D eigenvalue weighted by molar-refractivity contribution is -0.137. The molecule has 0 radical (unpaired) electrons. The summed E-state index contributed by atoms with van der Waals surface area (Å²) in [6.07, 6.45) is 5.74. The summed E-state index contributed by atoms with van der Waals surface area (Å²) in [5.41, 5.74) is 5.86. The molecular weight excluding hydrogens is 224 g/mol. The molecule has 1 unspecified atom stereocenters. The summed E-state index contributed by atoms with van der Waals surface area (Å²) in [6.45, 7) is 0.804. The van der Waals surface area contributed by atoms with Gasteiger partial charge >= 0.3 is 0 Å². The Bertz CT molecular complexity index is 226. The third-order valence-electron chi connectivity index (χ3n) is 3.07. The topological polar surface area (TPSA) is 66.6 Å². The highest BCUT2D eigenvalue weighted by molar-refractivity contribution is 7.98. The lowest BCUT2D eigenvalue weighted by atomic mass is 10.0. The maximum atomic E-state index is 12.1. The van der Waals surface area contributed by atoms with E-state index in [1.807, 2.05) is 6.26 Å². The number of amides is 1. The van der Waals surface area contributed by atoms with E-state index in [1.54, 1.807) is 16.7 Å². The van der Waals surface area contributed by atoms with Gasteiger partial charge in [-0.15, -0.1) is 0 Å². The molecule has 1 aliphatic heterocycles. The molecule has 1 aliphatic rings. The summed E-state index contributed by atoms with van der Waals surface area (Å²) in [6, 6.07) is -0.416. The first-order chi connectivity index (χ1) is 7.70. The molecule has 1 saturated heterocycles. The second-order valence-electron chi connectivity index (χ2n) is 4.25. The molecule has 1 heterocycles. The van der Waals surface area contributed by atoms with Crippen LogP contribution in [0.2, 0.25) is 0 Å². The normalized spacial score (nSPS) is 23.2. The van der Waals surface area contributed by atoms with Crippen molar-refractivity contribution in [2.75, 3.05) is 25.2 Å². The van der Waals surface area contributed by atoms with Gasteiger partial charge in [-0.1, -0.05) is 0 Å². The van der Waals surface area contributed by atoms with Gasteiger partial charge < -0.3 is 15.7 Å². The predicted octanol–water partition coefficient (Wildman–Crippen LogP) is 0.440. The molecule has 2 atom stereocenters. The van der Waals surface area contributed by atoms with E-state index in [0.717, 1.165) is 31.6 Å². The lowest BCUT2D eigenvalue weighted by Crippen LogP contribution is -2.52. The third kappa shape index (κ3) is 3.64. The van der Waals surface area contributed by atoms with Crippen molar-refractivity contribution in [3.05, 3.63) is 0 Å². The molecule has 0 aromatic rings. The highest BCUT2D eigenvalue weighted by Crippen LogP contribution is 2.18. The number of nitrogens with two attached hydrogens (primary N) is 1. The molecule has 0 bridgehead atoms. The number of carbonyl (C=O) groups excluding carboxylic acids is 1. The minimum atomic E-state index is -0.403. The van der Waals surface area contributed by atoms with E-state index in [2.05, 4.69) is 0 Å². The molecule has 3 N–H and O–H groups in total. The Balaban J connectivity index is 2.49. The first-order valence-corrected chi connectivity index (χ1v) is 7.26. The van der Waals surface area contributed by atoms with Gasteiger partial charge in [-0.05, 0) is 37.7 Å². The third-order valence-corrected chi connectivity index (χ3v) is 3.72. The monoisotopic (exact) mass is 246 g/mol. The van der Waals surface area contributed by atoms with E-state index >= 15 is 0 Å². The smallest absolute Gasteiger partial charge is 0.239 e. The van der Waals surface area contributed by atoms with Gasteiger partial charge in [0.2, 0.25) is 5.91 Å². The molecule has 94 valence electrons. The van der Waals surface area contributed by atoms with Crippen LogP contribution in [0.15, 0.2) is 0 Å². The van der Waals surface area contributed by atoms with Crippen molar-refractivity contribution < 1.29 is 9.90 Å². The number of hydrogen-bond donors (Lipinski definition) is 2. The van der Waals surface area contributed by atoms with Crippen LogP contribution < -0.4 is 5.73 Å². The fraction of sp³-hybridized carbons (Fsp3) is 0.909. The summed E-state index contributed by atoms with van der Waals surface area (Å²) >= 11 is 1.70. The Labute approximate surface area is 102 Å². The van der Waals surface area contributed by atoms with Crippen molar-refractivity contribution in [1.29, 1.82) is 0 Å². The van der Waals surface area contributed by atoms with E-state index < -0.39 is 6.04 Å². The molecule has 0 aromatic heterocycles. The van der Waals surface area contributed by atoms with E-state index in [0.29, 0.717) is 6.42 Å². The van der Waals surface area contributed by atoms with Crippen LogP contribution in [0.3, 0.4) is 0 Å². The summed E-state index contributed by atoms with van der Waals surface area (Å²) in [7, 11) is 0. The Kier molecular flexibility index (Phi) is 6.16. The molecule has 5 heteroatoms. The molecule has 1 amide bonds. The molecule has 1 fully saturated rings. The Morgan fingerprint density at radius 2 is 2.38 bits per heavy atom. The maximum Gasteiger partial charge on any atom is 0.239 e. The van der Waals surface area contributed by atoms with Crippen molar-refractivity contribution in [3.8, 4) is 0 Å². The van der Waals surface area contributed by atoms with Crippen molar-refractivity contribution in [3.63, 3.8) is 0 Å². The maximum absolute atomic E-state index is 12.1. The second-order valence-corrected chi connectivity index (χ2v) is 5.24. The van der Waals surface area contributed by atoms with Gasteiger partial charge in [-0.3, -0.25) is 4.79 Å². The number of carbonyl (C=O) groups is 1. The van der Waals surface area contributed by atoms with Crippen LogP contribution >= 0.6 is 11.8 Å². The second kappa shape index (κ2) is 7.14. The van der Waals surface area contributed by atoms with Crippen LogP contribution in [-0.4, -0.2) is 53.2 Å². The van der Waals surface area contributed by atoms with Gasteiger partial charge in [0.25, 0.3) is 0 Å². The van der Waals surface area contributed by atoms with Crippen LogP contribution in [0, 0.1) is 0 Å². The van der Waals surface area contributed by atoms with Crippen molar-refractivity contribution >= 4 is 17.7 Å². The zero-order chi connectivity index (χ0) is 12.0. The molecule has 0 aliphatic carbocycles. The van der Waals surface area contributed by atoms with Crippen LogP contribution in [0.4, 0.5) is 0 Å². The van der Waals surface area contributed by atoms with E-state index in [1.165, 1.54) is 0 Å². The van der Waals surface area contributed by atoms with E-state index in [4.69, 9.17) is 5.73 Å². The Morgan fingerprint density at radius 1 is 1.62 bits per heavy atom. The summed E-state index contributed by atoms with van der Waals surface area (Å²) in [5, 5.41) is 9.23. The number of rotatable bonds is 5. The quantitative estimate of drug-likeness (QED) is 0.739. The molecule has 0 aromatic carbocycles. The molecule has 4 nitrogen and oxygen atoms in total. The van der Waals surface area contributed by atoms with Crippen LogP contribution in [0.5, 0.6) is 0 Å². The van der Waals surface area contributed by atoms with Crippen molar-refractivity contribution in [2.24, 2.45) is 5.73 Å². The predicted molar refractivity (Wildman–Crippen MR) is 67.4 cm³/mol. The number of likely N-dealkylation sites (tertiary alicyclic amines) is 1. The van der Waals surface area contributed by atoms with Crippen LogP contribution in [0.1, 0.15) is 25.7 Å².